The average Bonchev–Trinajstić information content (AvgIpc) is 3.24. The molecule has 0 N–H and O–H groups in total. The number of rotatable bonds is 9. The maximum atomic E-state index is 13.1. The van der Waals surface area contributed by atoms with E-state index >= 15 is 0 Å². The molecule has 1 heterocycles. The standard InChI is InChI=1S/C31H30ClNO4S2/c1-35-28-18-21(19-29-30(34)33(31(38)39-29)25-9-5-8-24(32)20-25)10-15-27(28)37-17-16-36-26-13-11-23(12-14-26)22-6-3-2-4-7-22/h5,8-15,18-20,22H,2-4,6-7,16-17H2,1H3. The number of nitrogens with zero attached hydrogens (tertiary/aromatic N) is 1. The number of carbonyl (C=O) groups excluding carboxylic acids is 1. The highest BCUT2D eigenvalue weighted by atomic mass is 35.5. The number of hydrogen-bond donors (Lipinski definition) is 0. The maximum Gasteiger partial charge on any atom is 0.270 e. The summed E-state index contributed by atoms with van der Waals surface area (Å²) in [4.78, 5) is 15.1. The van der Waals surface area contributed by atoms with Crippen molar-refractivity contribution in [2.75, 3.05) is 25.2 Å². The fourth-order valence-corrected chi connectivity index (χ4v) is 6.42. The van der Waals surface area contributed by atoms with E-state index in [4.69, 9.17) is 38.0 Å². The Hall–Kier alpha value is -3.00. The summed E-state index contributed by atoms with van der Waals surface area (Å²) in [5.74, 6) is 2.53. The van der Waals surface area contributed by atoms with Crippen LogP contribution in [0.15, 0.2) is 71.6 Å². The molecule has 0 unspecified atom stereocenters. The lowest BCUT2D eigenvalue weighted by molar-refractivity contribution is -0.113. The zero-order valence-corrected chi connectivity index (χ0v) is 24.1. The van der Waals surface area contributed by atoms with Gasteiger partial charge in [-0.3, -0.25) is 9.69 Å². The number of benzene rings is 3. The lowest BCUT2D eigenvalue weighted by Gasteiger charge is -2.22. The minimum Gasteiger partial charge on any atom is -0.493 e. The SMILES string of the molecule is COc1cc(C=C2SC(=S)N(c3cccc(Cl)c3)C2=O)ccc1OCCOc1ccc(C2CCCCC2)cc1. The second kappa shape index (κ2) is 12.9. The van der Waals surface area contributed by atoms with Gasteiger partial charge in [0.2, 0.25) is 0 Å². The molecule has 1 aliphatic carbocycles. The molecule has 0 bridgehead atoms. The van der Waals surface area contributed by atoms with Crippen molar-refractivity contribution in [1.82, 2.24) is 0 Å². The number of thioether (sulfide) groups is 1. The molecule has 1 saturated carbocycles. The van der Waals surface area contributed by atoms with E-state index < -0.39 is 0 Å². The lowest BCUT2D eigenvalue weighted by atomic mass is 9.84. The Bertz CT molecular complexity index is 1370. The lowest BCUT2D eigenvalue weighted by Crippen LogP contribution is -2.27. The van der Waals surface area contributed by atoms with Gasteiger partial charge in [-0.1, -0.05) is 79.1 Å². The molecule has 1 amide bonds. The highest BCUT2D eigenvalue weighted by Crippen LogP contribution is 2.38. The second-order valence-electron chi connectivity index (χ2n) is 9.51. The molecule has 8 heteroatoms. The molecule has 5 rings (SSSR count). The van der Waals surface area contributed by atoms with Crippen LogP contribution in [0.5, 0.6) is 17.2 Å². The molecule has 0 spiro atoms. The molecule has 5 nitrogen and oxygen atoms in total. The highest BCUT2D eigenvalue weighted by molar-refractivity contribution is 8.27. The van der Waals surface area contributed by atoms with Gasteiger partial charge in [-0.15, -0.1) is 0 Å². The summed E-state index contributed by atoms with van der Waals surface area (Å²) in [5, 5.41) is 0.545. The fraction of sp³-hybridized carbons (Fsp3) is 0.290. The normalized spacial score (nSPS) is 17.1. The van der Waals surface area contributed by atoms with Crippen LogP contribution in [0.4, 0.5) is 5.69 Å². The summed E-state index contributed by atoms with van der Waals surface area (Å²) in [7, 11) is 1.59. The molecule has 0 aromatic heterocycles. The molecule has 1 aliphatic heterocycles. The van der Waals surface area contributed by atoms with E-state index in [1.54, 1.807) is 31.4 Å². The van der Waals surface area contributed by atoms with Gasteiger partial charge in [0.25, 0.3) is 5.91 Å². The first-order valence-electron chi connectivity index (χ1n) is 13.1. The van der Waals surface area contributed by atoms with Crippen molar-refractivity contribution in [3.63, 3.8) is 0 Å². The quantitative estimate of drug-likeness (QED) is 0.144. The largest absolute Gasteiger partial charge is 0.493 e. The van der Waals surface area contributed by atoms with Crippen molar-refractivity contribution < 1.29 is 19.0 Å². The second-order valence-corrected chi connectivity index (χ2v) is 11.6. The van der Waals surface area contributed by atoms with E-state index in [1.165, 1.54) is 54.3 Å². The molecule has 1 saturated heterocycles. The molecule has 202 valence electrons. The summed E-state index contributed by atoms with van der Waals surface area (Å²) in [6.45, 7) is 0.790. The minimum atomic E-state index is -0.185. The molecule has 2 fully saturated rings. The van der Waals surface area contributed by atoms with Crippen molar-refractivity contribution in [2.24, 2.45) is 0 Å². The molecule has 2 aliphatic rings. The van der Waals surface area contributed by atoms with E-state index in [9.17, 15) is 4.79 Å². The summed E-state index contributed by atoms with van der Waals surface area (Å²) >= 11 is 12.8. The number of thiocarbonyl (C=S) groups is 1. The first kappa shape index (κ1) is 27.6. The van der Waals surface area contributed by atoms with Gasteiger partial charge in [0.05, 0.1) is 17.7 Å². The number of methoxy groups -OCH3 is 1. The first-order chi connectivity index (χ1) is 19.0. The number of hydrogen-bond acceptors (Lipinski definition) is 6. The van der Waals surface area contributed by atoms with Crippen molar-refractivity contribution in [2.45, 2.75) is 38.0 Å². The van der Waals surface area contributed by atoms with Crippen LogP contribution in [0.25, 0.3) is 6.08 Å². The smallest absolute Gasteiger partial charge is 0.270 e. The van der Waals surface area contributed by atoms with Gasteiger partial charge in [0.1, 0.15) is 19.0 Å². The molecule has 0 radical (unpaired) electrons. The summed E-state index contributed by atoms with van der Waals surface area (Å²) in [6.07, 6.45) is 8.40. The average molecular weight is 580 g/mol. The number of anilines is 1. The third-order valence-electron chi connectivity index (χ3n) is 6.91. The van der Waals surface area contributed by atoms with Crippen molar-refractivity contribution in [1.29, 1.82) is 0 Å². The van der Waals surface area contributed by atoms with Crippen LogP contribution in [0, 0.1) is 0 Å². The van der Waals surface area contributed by atoms with Crippen molar-refractivity contribution in [3.05, 3.63) is 87.8 Å². The minimum absolute atomic E-state index is 0.185. The van der Waals surface area contributed by atoms with Gasteiger partial charge in [0.15, 0.2) is 15.8 Å². The number of halogens is 1. The topological polar surface area (TPSA) is 48.0 Å². The van der Waals surface area contributed by atoms with Crippen LogP contribution in [0.2, 0.25) is 5.02 Å². The van der Waals surface area contributed by atoms with Crippen LogP contribution in [0.1, 0.15) is 49.1 Å². The van der Waals surface area contributed by atoms with Gasteiger partial charge >= 0.3 is 0 Å². The fourth-order valence-electron chi connectivity index (χ4n) is 4.93. The van der Waals surface area contributed by atoms with E-state index in [2.05, 4.69) is 12.1 Å². The summed E-state index contributed by atoms with van der Waals surface area (Å²) in [6, 6.07) is 21.1. The van der Waals surface area contributed by atoms with Gasteiger partial charge in [-0.25, -0.2) is 0 Å². The Morgan fingerprint density at radius 2 is 1.74 bits per heavy atom. The Kier molecular flexibility index (Phi) is 9.12. The van der Waals surface area contributed by atoms with Crippen LogP contribution in [0.3, 0.4) is 0 Å². The first-order valence-corrected chi connectivity index (χ1v) is 14.7. The maximum absolute atomic E-state index is 13.1. The monoisotopic (exact) mass is 579 g/mol. The third-order valence-corrected chi connectivity index (χ3v) is 8.45. The number of amides is 1. The van der Waals surface area contributed by atoms with Crippen molar-refractivity contribution >= 4 is 57.6 Å². The van der Waals surface area contributed by atoms with E-state index in [1.807, 2.05) is 36.4 Å². The molecular formula is C31H30ClNO4S2. The molecule has 3 aromatic carbocycles. The van der Waals surface area contributed by atoms with Gasteiger partial charge in [-0.05, 0) is 78.4 Å². The van der Waals surface area contributed by atoms with Gasteiger partial charge in [0, 0.05) is 5.02 Å². The molecule has 39 heavy (non-hydrogen) atoms. The summed E-state index contributed by atoms with van der Waals surface area (Å²) in [5.41, 5.74) is 2.87. The van der Waals surface area contributed by atoms with E-state index in [0.29, 0.717) is 50.6 Å². The van der Waals surface area contributed by atoms with E-state index in [0.717, 1.165) is 11.3 Å². The summed E-state index contributed by atoms with van der Waals surface area (Å²) < 4.78 is 17.8. The van der Waals surface area contributed by atoms with Crippen molar-refractivity contribution in [3.8, 4) is 17.2 Å². The predicted molar refractivity (Wildman–Crippen MR) is 163 cm³/mol. The Balaban J connectivity index is 1.17. The number of carbonyl (C=O) groups is 1. The molecule has 0 atom stereocenters. The Morgan fingerprint density at radius 3 is 2.49 bits per heavy atom. The molecular weight excluding hydrogens is 550 g/mol. The third kappa shape index (κ3) is 6.78. The van der Waals surface area contributed by atoms with Crippen LogP contribution >= 0.6 is 35.6 Å². The zero-order chi connectivity index (χ0) is 27.2. The van der Waals surface area contributed by atoms with Gasteiger partial charge < -0.3 is 14.2 Å². The predicted octanol–water partition coefficient (Wildman–Crippen LogP) is 8.26. The van der Waals surface area contributed by atoms with Crippen LogP contribution in [-0.4, -0.2) is 30.6 Å². The van der Waals surface area contributed by atoms with Gasteiger partial charge in [-0.2, -0.15) is 0 Å². The van der Waals surface area contributed by atoms with Crippen LogP contribution < -0.4 is 19.1 Å². The zero-order valence-electron chi connectivity index (χ0n) is 21.7. The van der Waals surface area contributed by atoms with Crippen LogP contribution in [-0.2, 0) is 4.79 Å². The number of ether oxygens (including phenoxy) is 3. The highest BCUT2D eigenvalue weighted by Gasteiger charge is 2.33. The Morgan fingerprint density at radius 1 is 0.974 bits per heavy atom. The van der Waals surface area contributed by atoms with E-state index in [-0.39, 0.29) is 5.91 Å². The molecule has 3 aromatic rings. The Labute approximate surface area is 244 Å².